The van der Waals surface area contributed by atoms with Crippen LogP contribution in [0, 0.1) is 11.6 Å². The van der Waals surface area contributed by atoms with Crippen LogP contribution in [0.5, 0.6) is 0 Å². The van der Waals surface area contributed by atoms with Crippen LogP contribution in [0.1, 0.15) is 25.0 Å². The van der Waals surface area contributed by atoms with E-state index in [1.165, 1.54) is 6.07 Å². The number of hydrogen-bond donors (Lipinski definition) is 3. The number of aliphatic hydroxyl groups is 1. The van der Waals surface area contributed by atoms with E-state index in [1.807, 2.05) is 0 Å². The lowest BCUT2D eigenvalue weighted by atomic mass is 10.1. The van der Waals surface area contributed by atoms with E-state index < -0.39 is 23.6 Å². The summed E-state index contributed by atoms with van der Waals surface area (Å²) >= 11 is 0. The molecule has 1 amide bonds. The predicted molar refractivity (Wildman–Crippen MR) is 62.6 cm³/mol. The van der Waals surface area contributed by atoms with Crippen LogP contribution in [0.3, 0.4) is 0 Å². The highest BCUT2D eigenvalue weighted by atomic mass is 19.1. The van der Waals surface area contributed by atoms with Gasteiger partial charge in [-0.05, 0) is 13.0 Å². The Labute approximate surface area is 104 Å². The van der Waals surface area contributed by atoms with Gasteiger partial charge < -0.3 is 16.2 Å². The third-order valence-electron chi connectivity index (χ3n) is 2.49. The first-order valence-electron chi connectivity index (χ1n) is 5.55. The highest BCUT2D eigenvalue weighted by Gasteiger charge is 2.15. The molecule has 0 bridgehead atoms. The zero-order valence-corrected chi connectivity index (χ0v) is 9.99. The summed E-state index contributed by atoms with van der Waals surface area (Å²) in [4.78, 5) is 10.6. The molecule has 0 aliphatic rings. The number of hydrogen-bond acceptors (Lipinski definition) is 3. The summed E-state index contributed by atoms with van der Waals surface area (Å²) < 4.78 is 26.0. The van der Waals surface area contributed by atoms with Gasteiger partial charge in [0.15, 0.2) is 0 Å². The van der Waals surface area contributed by atoms with Gasteiger partial charge in [-0.1, -0.05) is 6.07 Å². The van der Waals surface area contributed by atoms with Crippen molar-refractivity contribution in [3.8, 4) is 0 Å². The summed E-state index contributed by atoms with van der Waals surface area (Å²) in [6.07, 6.45) is -0.987. The number of carbonyl (C=O) groups is 1. The molecule has 0 aromatic heterocycles. The Bertz CT molecular complexity index is 427. The lowest BCUT2D eigenvalue weighted by Crippen LogP contribution is -2.34. The fourth-order valence-electron chi connectivity index (χ4n) is 1.57. The topological polar surface area (TPSA) is 75.4 Å². The molecule has 1 aromatic rings. The van der Waals surface area contributed by atoms with Crippen molar-refractivity contribution in [3.05, 3.63) is 35.4 Å². The van der Waals surface area contributed by atoms with E-state index in [-0.39, 0.29) is 24.6 Å². The molecular formula is C12H16F2N2O2. The molecule has 100 valence electrons. The SMILES string of the molecule is CC(CC(N)=O)NCC(O)c1ccc(F)cc1F. The van der Waals surface area contributed by atoms with Crippen LogP contribution >= 0.6 is 0 Å². The van der Waals surface area contributed by atoms with Crippen LogP contribution < -0.4 is 11.1 Å². The van der Waals surface area contributed by atoms with Crippen LogP contribution in [-0.2, 0) is 4.79 Å². The monoisotopic (exact) mass is 258 g/mol. The Morgan fingerprint density at radius 2 is 2.17 bits per heavy atom. The van der Waals surface area contributed by atoms with Crippen molar-refractivity contribution >= 4 is 5.91 Å². The molecule has 0 aliphatic carbocycles. The Balaban J connectivity index is 2.54. The first-order valence-corrected chi connectivity index (χ1v) is 5.55. The van der Waals surface area contributed by atoms with Gasteiger partial charge in [-0.2, -0.15) is 0 Å². The van der Waals surface area contributed by atoms with Crippen molar-refractivity contribution in [2.45, 2.75) is 25.5 Å². The number of nitrogens with one attached hydrogen (secondary N) is 1. The molecule has 2 atom stereocenters. The highest BCUT2D eigenvalue weighted by Crippen LogP contribution is 2.17. The third-order valence-corrected chi connectivity index (χ3v) is 2.49. The number of rotatable bonds is 6. The molecular weight excluding hydrogens is 242 g/mol. The normalized spacial score (nSPS) is 14.2. The van der Waals surface area contributed by atoms with Crippen LogP contribution in [0.15, 0.2) is 18.2 Å². The molecule has 0 radical (unpaired) electrons. The van der Waals surface area contributed by atoms with Gasteiger partial charge in [-0.25, -0.2) is 8.78 Å². The van der Waals surface area contributed by atoms with Gasteiger partial charge in [0.25, 0.3) is 0 Å². The highest BCUT2D eigenvalue weighted by molar-refractivity contribution is 5.74. The van der Waals surface area contributed by atoms with E-state index in [9.17, 15) is 18.7 Å². The molecule has 4 N–H and O–H groups in total. The maximum Gasteiger partial charge on any atom is 0.218 e. The van der Waals surface area contributed by atoms with Crippen LogP contribution in [0.25, 0.3) is 0 Å². The minimum absolute atomic E-state index is 0.00942. The number of benzene rings is 1. The van der Waals surface area contributed by atoms with Gasteiger partial charge >= 0.3 is 0 Å². The molecule has 2 unspecified atom stereocenters. The Morgan fingerprint density at radius 3 is 2.72 bits per heavy atom. The minimum atomic E-state index is -1.11. The summed E-state index contributed by atoms with van der Waals surface area (Å²) in [5.41, 5.74) is 5.02. The van der Waals surface area contributed by atoms with Gasteiger partial charge in [0.05, 0.1) is 6.10 Å². The number of aliphatic hydroxyl groups excluding tert-OH is 1. The molecule has 1 aromatic carbocycles. The fourth-order valence-corrected chi connectivity index (χ4v) is 1.57. The number of carbonyl (C=O) groups excluding carboxylic acids is 1. The Hall–Kier alpha value is -1.53. The van der Waals surface area contributed by atoms with E-state index in [0.29, 0.717) is 6.07 Å². The van der Waals surface area contributed by atoms with Crippen molar-refractivity contribution < 1.29 is 18.7 Å². The second kappa shape index (κ2) is 6.42. The van der Waals surface area contributed by atoms with E-state index >= 15 is 0 Å². The zero-order chi connectivity index (χ0) is 13.7. The lowest BCUT2D eigenvalue weighted by Gasteiger charge is -2.16. The number of amides is 1. The van der Waals surface area contributed by atoms with Crippen molar-refractivity contribution in [3.63, 3.8) is 0 Å². The molecule has 0 aliphatic heterocycles. The minimum Gasteiger partial charge on any atom is -0.387 e. The van der Waals surface area contributed by atoms with Crippen LogP contribution in [0.2, 0.25) is 0 Å². The Kier molecular flexibility index (Phi) is 5.18. The number of halogens is 2. The molecule has 0 saturated carbocycles. The maximum absolute atomic E-state index is 13.3. The summed E-state index contributed by atoms with van der Waals surface area (Å²) in [5, 5.41) is 12.6. The molecule has 1 rings (SSSR count). The number of nitrogens with two attached hydrogens (primary N) is 1. The molecule has 0 spiro atoms. The van der Waals surface area contributed by atoms with Gasteiger partial charge in [0, 0.05) is 30.6 Å². The van der Waals surface area contributed by atoms with Crippen LogP contribution in [0.4, 0.5) is 8.78 Å². The average molecular weight is 258 g/mol. The maximum atomic E-state index is 13.3. The van der Waals surface area contributed by atoms with Crippen molar-refractivity contribution in [2.75, 3.05) is 6.54 Å². The molecule has 18 heavy (non-hydrogen) atoms. The van der Waals surface area contributed by atoms with E-state index in [0.717, 1.165) is 6.07 Å². The molecule has 6 heteroatoms. The summed E-state index contributed by atoms with van der Waals surface area (Å²) in [6, 6.07) is 2.76. The van der Waals surface area contributed by atoms with Crippen LogP contribution in [-0.4, -0.2) is 23.6 Å². The predicted octanol–water partition coefficient (Wildman–Crippen LogP) is 0.852. The molecule has 0 fully saturated rings. The fraction of sp³-hybridized carbons (Fsp3) is 0.417. The molecule has 0 saturated heterocycles. The molecule has 4 nitrogen and oxygen atoms in total. The van der Waals surface area contributed by atoms with Gasteiger partial charge in [-0.3, -0.25) is 4.79 Å². The van der Waals surface area contributed by atoms with E-state index in [4.69, 9.17) is 5.73 Å². The zero-order valence-electron chi connectivity index (χ0n) is 9.99. The van der Waals surface area contributed by atoms with Crippen molar-refractivity contribution in [2.24, 2.45) is 5.73 Å². The first kappa shape index (κ1) is 14.5. The smallest absolute Gasteiger partial charge is 0.218 e. The van der Waals surface area contributed by atoms with Gasteiger partial charge in [0.2, 0.25) is 5.91 Å². The average Bonchev–Trinajstić information content (AvgIpc) is 2.25. The standard InChI is InChI=1S/C12H16F2N2O2/c1-7(4-12(15)18)16-6-11(17)9-3-2-8(13)5-10(9)14/h2-3,5,7,11,16-17H,4,6H2,1H3,(H2,15,18). The number of primary amides is 1. The second-order valence-corrected chi connectivity index (χ2v) is 4.16. The second-order valence-electron chi connectivity index (χ2n) is 4.16. The summed E-state index contributed by atoms with van der Waals surface area (Å²) in [7, 11) is 0. The summed E-state index contributed by atoms with van der Waals surface area (Å²) in [5.74, 6) is -1.96. The van der Waals surface area contributed by atoms with E-state index in [1.54, 1.807) is 6.92 Å². The quantitative estimate of drug-likeness (QED) is 0.708. The third kappa shape index (κ3) is 4.38. The Morgan fingerprint density at radius 1 is 1.50 bits per heavy atom. The van der Waals surface area contributed by atoms with Gasteiger partial charge in [0.1, 0.15) is 11.6 Å². The largest absolute Gasteiger partial charge is 0.387 e. The van der Waals surface area contributed by atoms with Crippen molar-refractivity contribution in [1.29, 1.82) is 0 Å². The van der Waals surface area contributed by atoms with E-state index in [2.05, 4.69) is 5.32 Å². The first-order chi connectivity index (χ1) is 8.40. The van der Waals surface area contributed by atoms with Crippen molar-refractivity contribution in [1.82, 2.24) is 5.32 Å². The molecule has 0 heterocycles. The lowest BCUT2D eigenvalue weighted by molar-refractivity contribution is -0.118. The summed E-state index contributed by atoms with van der Waals surface area (Å²) in [6.45, 7) is 1.77. The van der Waals surface area contributed by atoms with Gasteiger partial charge in [-0.15, -0.1) is 0 Å².